The number of ketones is 1. The Hall–Kier alpha value is -4.28. The van der Waals surface area contributed by atoms with Crippen LogP contribution in [0.4, 0.5) is 0 Å². The fraction of sp³-hybridized carbons (Fsp3) is 0.226. The number of fused-ring (bicyclic) bond motifs is 1. The van der Waals surface area contributed by atoms with Gasteiger partial charge in [-0.15, -0.1) is 0 Å². The van der Waals surface area contributed by atoms with Gasteiger partial charge in [0.15, 0.2) is 5.78 Å². The van der Waals surface area contributed by atoms with Crippen LogP contribution in [0.15, 0.2) is 89.3 Å². The van der Waals surface area contributed by atoms with E-state index in [-0.39, 0.29) is 21.8 Å². The SMILES string of the molecule is CC1=CC[C@H]2C(=O)N(N(CC(=O)c3ccc(OS(=O)(=O)c4ccc(C)cc4)cc3)C(=O)c3ccc(Cl)cc3)C(=O)[C@H]2C1. The molecule has 9 nitrogen and oxygen atoms in total. The summed E-state index contributed by atoms with van der Waals surface area (Å²) < 4.78 is 30.5. The van der Waals surface area contributed by atoms with Crippen molar-refractivity contribution in [1.82, 2.24) is 10.0 Å². The molecular formula is C31H27ClN2O7S. The van der Waals surface area contributed by atoms with Gasteiger partial charge in [0.25, 0.3) is 17.7 Å². The first kappa shape index (κ1) is 29.2. The van der Waals surface area contributed by atoms with Crippen LogP contribution in [0.1, 0.15) is 46.0 Å². The van der Waals surface area contributed by atoms with Crippen molar-refractivity contribution < 1.29 is 31.8 Å². The lowest BCUT2D eigenvalue weighted by Crippen LogP contribution is -2.52. The molecule has 5 rings (SSSR count). The third-order valence-electron chi connectivity index (χ3n) is 7.35. The zero-order valence-corrected chi connectivity index (χ0v) is 24.4. The summed E-state index contributed by atoms with van der Waals surface area (Å²) in [6.07, 6.45) is 2.69. The van der Waals surface area contributed by atoms with Crippen molar-refractivity contribution in [3.63, 3.8) is 0 Å². The Labute approximate surface area is 248 Å². The minimum Gasteiger partial charge on any atom is -0.379 e. The molecule has 2 atom stereocenters. The topological polar surface area (TPSA) is 118 Å². The second-order valence-corrected chi connectivity index (χ2v) is 12.3. The third kappa shape index (κ3) is 5.86. The van der Waals surface area contributed by atoms with Crippen LogP contribution in [0.25, 0.3) is 0 Å². The molecular weight excluding hydrogens is 580 g/mol. The highest BCUT2D eigenvalue weighted by atomic mass is 35.5. The Balaban J connectivity index is 1.39. The number of hydrogen-bond acceptors (Lipinski definition) is 7. The molecule has 1 fully saturated rings. The number of nitrogens with zero attached hydrogens (tertiary/aromatic N) is 2. The van der Waals surface area contributed by atoms with Gasteiger partial charge in [-0.25, -0.2) is 5.01 Å². The number of halogens is 1. The minimum atomic E-state index is -4.10. The number of Topliss-reactive ketones (excluding diaryl/α,β-unsaturated/α-hetero) is 1. The van der Waals surface area contributed by atoms with Gasteiger partial charge in [0.05, 0.1) is 11.8 Å². The quantitative estimate of drug-likeness (QED) is 0.153. The molecule has 0 aromatic heterocycles. The summed E-state index contributed by atoms with van der Waals surface area (Å²) in [7, 11) is -4.10. The van der Waals surface area contributed by atoms with E-state index in [2.05, 4.69) is 0 Å². The van der Waals surface area contributed by atoms with E-state index in [1.807, 2.05) is 19.9 Å². The molecule has 1 saturated heterocycles. The van der Waals surface area contributed by atoms with Crippen molar-refractivity contribution in [2.24, 2.45) is 11.8 Å². The Morgan fingerprint density at radius 3 is 2.12 bits per heavy atom. The first-order chi connectivity index (χ1) is 19.9. The molecule has 0 spiro atoms. The van der Waals surface area contributed by atoms with Crippen molar-refractivity contribution in [3.8, 4) is 5.75 Å². The number of benzene rings is 3. The van der Waals surface area contributed by atoms with E-state index in [1.54, 1.807) is 12.1 Å². The normalized spacial score (nSPS) is 18.4. The van der Waals surface area contributed by atoms with Crippen molar-refractivity contribution in [2.45, 2.75) is 31.6 Å². The van der Waals surface area contributed by atoms with Crippen LogP contribution in [-0.4, -0.2) is 48.5 Å². The highest BCUT2D eigenvalue weighted by Crippen LogP contribution is 2.38. The maximum atomic E-state index is 13.6. The summed E-state index contributed by atoms with van der Waals surface area (Å²) in [6, 6.07) is 17.4. The second kappa shape index (κ2) is 11.5. The van der Waals surface area contributed by atoms with E-state index in [1.165, 1.54) is 60.7 Å². The van der Waals surface area contributed by atoms with E-state index in [0.29, 0.717) is 17.9 Å². The molecule has 3 aromatic rings. The Morgan fingerprint density at radius 1 is 0.881 bits per heavy atom. The summed E-state index contributed by atoms with van der Waals surface area (Å²) >= 11 is 5.97. The van der Waals surface area contributed by atoms with Gasteiger partial charge in [0, 0.05) is 16.1 Å². The lowest BCUT2D eigenvalue weighted by molar-refractivity contribution is -0.154. The molecule has 0 unspecified atom stereocenters. The van der Waals surface area contributed by atoms with Crippen molar-refractivity contribution in [3.05, 3.63) is 106 Å². The van der Waals surface area contributed by atoms with Crippen LogP contribution < -0.4 is 4.18 Å². The fourth-order valence-corrected chi connectivity index (χ4v) is 6.09. The maximum Gasteiger partial charge on any atom is 0.339 e. The van der Waals surface area contributed by atoms with E-state index < -0.39 is 52.0 Å². The molecule has 0 radical (unpaired) electrons. The second-order valence-electron chi connectivity index (χ2n) is 10.4. The lowest BCUT2D eigenvalue weighted by Gasteiger charge is -2.30. The average molecular weight is 607 g/mol. The number of carbonyl (C=O) groups is 4. The van der Waals surface area contributed by atoms with Gasteiger partial charge >= 0.3 is 10.1 Å². The number of aryl methyl sites for hydroxylation is 1. The Kier molecular flexibility index (Phi) is 8.03. The number of hydrogen-bond donors (Lipinski definition) is 0. The summed E-state index contributed by atoms with van der Waals surface area (Å²) in [4.78, 5) is 53.8. The summed E-state index contributed by atoms with van der Waals surface area (Å²) in [5.41, 5.74) is 2.14. The zero-order valence-electron chi connectivity index (χ0n) is 22.8. The standard InChI is InChI=1S/C31H27ClN2O7S/c1-19-3-14-25(15-4-19)42(39,40)41-24-12-8-21(9-13-24)28(35)18-33(29(36)22-6-10-23(32)11-7-22)34-30(37)26-16-5-20(2)17-27(26)31(34)38/h3-15,26-27H,16-18H2,1-2H3/t26-,27+/m1/s1. The number of rotatable bonds is 8. The molecule has 3 amide bonds. The van der Waals surface area contributed by atoms with Gasteiger partial charge in [0.2, 0.25) is 0 Å². The van der Waals surface area contributed by atoms with E-state index in [0.717, 1.165) is 21.2 Å². The highest BCUT2D eigenvalue weighted by molar-refractivity contribution is 7.87. The number of amides is 3. The van der Waals surface area contributed by atoms with Gasteiger partial charge < -0.3 is 4.18 Å². The molecule has 1 aliphatic heterocycles. The molecule has 11 heteroatoms. The molecule has 0 bridgehead atoms. The Morgan fingerprint density at radius 2 is 1.48 bits per heavy atom. The molecule has 0 N–H and O–H groups in total. The van der Waals surface area contributed by atoms with E-state index in [9.17, 15) is 27.6 Å². The number of hydrazine groups is 1. The van der Waals surface area contributed by atoms with Gasteiger partial charge in [-0.05, 0) is 87.4 Å². The maximum absolute atomic E-state index is 13.6. The summed E-state index contributed by atoms with van der Waals surface area (Å²) in [5.74, 6) is -3.58. The largest absolute Gasteiger partial charge is 0.379 e. The third-order valence-corrected chi connectivity index (χ3v) is 8.87. The zero-order chi connectivity index (χ0) is 30.2. The lowest BCUT2D eigenvalue weighted by atomic mass is 9.82. The summed E-state index contributed by atoms with van der Waals surface area (Å²) in [6.45, 7) is 3.11. The Bertz CT molecular complexity index is 1700. The van der Waals surface area contributed by atoms with Gasteiger partial charge in [-0.2, -0.15) is 13.4 Å². The fourth-order valence-electron chi connectivity index (χ4n) is 5.04. The average Bonchev–Trinajstić information content (AvgIpc) is 3.20. The highest BCUT2D eigenvalue weighted by Gasteiger charge is 2.51. The van der Waals surface area contributed by atoms with Crippen LogP contribution in [0.2, 0.25) is 5.02 Å². The first-order valence-corrected chi connectivity index (χ1v) is 15.0. The first-order valence-electron chi connectivity index (χ1n) is 13.2. The van der Waals surface area contributed by atoms with Crippen LogP contribution in [-0.2, 0) is 19.7 Å². The van der Waals surface area contributed by atoms with Gasteiger partial charge in [-0.3, -0.25) is 19.2 Å². The monoisotopic (exact) mass is 606 g/mol. The number of carbonyl (C=O) groups excluding carboxylic acids is 4. The van der Waals surface area contributed by atoms with Gasteiger partial charge in [-0.1, -0.05) is 40.9 Å². The van der Waals surface area contributed by atoms with Crippen molar-refractivity contribution in [2.75, 3.05) is 6.54 Å². The van der Waals surface area contributed by atoms with Gasteiger partial charge in [0.1, 0.15) is 17.2 Å². The molecule has 2 aliphatic rings. The predicted molar refractivity (Wildman–Crippen MR) is 154 cm³/mol. The molecule has 0 saturated carbocycles. The van der Waals surface area contributed by atoms with Crippen LogP contribution in [0, 0.1) is 18.8 Å². The summed E-state index contributed by atoms with van der Waals surface area (Å²) in [5, 5.41) is 2.08. The molecule has 42 heavy (non-hydrogen) atoms. The van der Waals surface area contributed by atoms with Crippen LogP contribution in [0.5, 0.6) is 5.75 Å². The van der Waals surface area contributed by atoms with Crippen LogP contribution >= 0.6 is 11.6 Å². The number of allylic oxidation sites excluding steroid dienone is 2. The van der Waals surface area contributed by atoms with Crippen LogP contribution in [0.3, 0.4) is 0 Å². The number of imide groups is 1. The smallest absolute Gasteiger partial charge is 0.339 e. The van der Waals surface area contributed by atoms with E-state index >= 15 is 0 Å². The van der Waals surface area contributed by atoms with E-state index in [4.69, 9.17) is 15.8 Å². The molecule has 1 heterocycles. The van der Waals surface area contributed by atoms with Crippen molar-refractivity contribution >= 4 is 45.2 Å². The molecule has 1 aliphatic carbocycles. The van der Waals surface area contributed by atoms with Crippen molar-refractivity contribution in [1.29, 1.82) is 0 Å². The predicted octanol–water partition coefficient (Wildman–Crippen LogP) is 5.00. The molecule has 3 aromatic carbocycles. The molecule has 216 valence electrons. The minimum absolute atomic E-state index is 0.0157.